The Bertz CT molecular complexity index is 586. The largest absolute Gasteiger partial charge is 0.507 e. The van der Waals surface area contributed by atoms with Crippen molar-refractivity contribution in [3.63, 3.8) is 0 Å². The summed E-state index contributed by atoms with van der Waals surface area (Å²) in [7, 11) is 0. The van der Waals surface area contributed by atoms with Crippen molar-refractivity contribution < 1.29 is 14.6 Å². The number of phenolic OH excluding ortho intramolecular Hbond substituents is 1. The average Bonchev–Trinajstić information content (AvgIpc) is 2.72. The van der Waals surface area contributed by atoms with E-state index in [2.05, 4.69) is 22.9 Å². The third kappa shape index (κ3) is 12.6. The highest BCUT2D eigenvalue weighted by molar-refractivity contribution is 9.10. The molecule has 0 fully saturated rings. The molecule has 0 aromatic heterocycles. The van der Waals surface area contributed by atoms with Crippen molar-refractivity contribution in [1.29, 1.82) is 0 Å². The van der Waals surface area contributed by atoms with Crippen LogP contribution in [0.1, 0.15) is 127 Å². The highest BCUT2D eigenvalue weighted by Crippen LogP contribution is 2.32. The van der Waals surface area contributed by atoms with E-state index < -0.39 is 0 Å². The van der Waals surface area contributed by atoms with Gasteiger partial charge < -0.3 is 9.84 Å². The molecule has 30 heavy (non-hydrogen) atoms. The van der Waals surface area contributed by atoms with E-state index in [1.165, 1.54) is 109 Å². The lowest BCUT2D eigenvalue weighted by Gasteiger charge is -2.10. The van der Waals surface area contributed by atoms with Gasteiger partial charge >= 0.3 is 0 Å². The third-order valence-electron chi connectivity index (χ3n) is 5.68. The lowest BCUT2D eigenvalue weighted by Crippen LogP contribution is -2.00. The molecule has 0 aliphatic rings. The summed E-state index contributed by atoms with van der Waals surface area (Å²) in [6.45, 7) is 4.36. The first-order valence-corrected chi connectivity index (χ1v) is 13.0. The second-order valence-corrected chi connectivity index (χ2v) is 9.36. The van der Waals surface area contributed by atoms with Crippen molar-refractivity contribution in [3.05, 3.63) is 22.2 Å². The highest BCUT2D eigenvalue weighted by atomic mass is 79.9. The molecule has 0 aliphatic carbocycles. The lowest BCUT2D eigenvalue weighted by atomic mass is 10.0. The van der Waals surface area contributed by atoms with E-state index >= 15 is 0 Å². The predicted molar refractivity (Wildman–Crippen MR) is 131 cm³/mol. The molecule has 1 aromatic carbocycles. The molecule has 0 aliphatic heterocycles. The van der Waals surface area contributed by atoms with Crippen molar-refractivity contribution in [1.82, 2.24) is 0 Å². The van der Waals surface area contributed by atoms with Crippen LogP contribution >= 0.6 is 15.9 Å². The number of halogens is 1. The number of rotatable bonds is 19. The summed E-state index contributed by atoms with van der Waals surface area (Å²) >= 11 is 3.41. The summed E-state index contributed by atoms with van der Waals surface area (Å²) in [5, 5.41) is 9.91. The van der Waals surface area contributed by atoms with Crippen LogP contribution in [0.4, 0.5) is 0 Å². The van der Waals surface area contributed by atoms with Gasteiger partial charge in [0, 0.05) is 6.07 Å². The zero-order valence-corrected chi connectivity index (χ0v) is 20.9. The Morgan fingerprint density at radius 3 is 1.67 bits per heavy atom. The summed E-state index contributed by atoms with van der Waals surface area (Å²) < 4.78 is 6.46. The second kappa shape index (κ2) is 17.6. The van der Waals surface area contributed by atoms with Crippen molar-refractivity contribution >= 4 is 21.7 Å². The summed E-state index contributed by atoms with van der Waals surface area (Å²) in [5.41, 5.74) is 0.316. The number of benzene rings is 1. The van der Waals surface area contributed by atoms with Gasteiger partial charge in [-0.15, -0.1) is 0 Å². The molecule has 0 unspecified atom stereocenters. The van der Waals surface area contributed by atoms with E-state index in [9.17, 15) is 9.90 Å². The summed E-state index contributed by atoms with van der Waals surface area (Å²) in [4.78, 5) is 11.4. The lowest BCUT2D eigenvalue weighted by molar-refractivity contribution is 0.101. The first-order chi connectivity index (χ1) is 14.6. The zero-order chi connectivity index (χ0) is 22.0. The van der Waals surface area contributed by atoms with E-state index in [0.717, 1.165) is 6.42 Å². The Kier molecular flexibility index (Phi) is 15.9. The Morgan fingerprint density at radius 2 is 1.23 bits per heavy atom. The topological polar surface area (TPSA) is 46.5 Å². The van der Waals surface area contributed by atoms with Gasteiger partial charge in [0.2, 0.25) is 0 Å². The van der Waals surface area contributed by atoms with Gasteiger partial charge in [0.15, 0.2) is 5.78 Å². The monoisotopic (exact) mass is 482 g/mol. The van der Waals surface area contributed by atoms with Crippen LogP contribution in [-0.4, -0.2) is 17.5 Å². The minimum absolute atomic E-state index is 0.0207. The van der Waals surface area contributed by atoms with E-state index in [1.54, 1.807) is 6.07 Å². The van der Waals surface area contributed by atoms with Gasteiger partial charge in [-0.05, 0) is 35.3 Å². The molecule has 1 aromatic rings. The Balaban J connectivity index is 1.91. The van der Waals surface area contributed by atoms with Gasteiger partial charge in [-0.2, -0.15) is 0 Å². The number of hydrogen-bond acceptors (Lipinski definition) is 3. The van der Waals surface area contributed by atoms with Crippen LogP contribution in [-0.2, 0) is 0 Å². The molecule has 1 rings (SSSR count). The third-order valence-corrected chi connectivity index (χ3v) is 6.30. The number of phenols is 1. The molecule has 0 atom stereocenters. The van der Waals surface area contributed by atoms with Crippen LogP contribution in [0, 0.1) is 0 Å². The maximum absolute atomic E-state index is 11.4. The molecule has 1 N–H and O–H groups in total. The maximum Gasteiger partial charge on any atom is 0.163 e. The number of Topliss-reactive ketones (excluding diaryl/α,β-unsaturated/α-hetero) is 1. The number of carbonyl (C=O) groups is 1. The summed E-state index contributed by atoms with van der Waals surface area (Å²) in [6.07, 6.45) is 21.6. The molecule has 0 saturated heterocycles. The molecule has 4 heteroatoms. The van der Waals surface area contributed by atoms with Crippen LogP contribution in [0.3, 0.4) is 0 Å². The molecule has 0 amide bonds. The fraction of sp³-hybridized carbons (Fsp3) is 0.731. The minimum Gasteiger partial charge on any atom is -0.507 e. The van der Waals surface area contributed by atoms with Crippen LogP contribution in [0.25, 0.3) is 0 Å². The molecule has 0 heterocycles. The smallest absolute Gasteiger partial charge is 0.163 e. The average molecular weight is 484 g/mol. The predicted octanol–water partition coefficient (Wildman–Crippen LogP) is 9.00. The molecule has 0 saturated carbocycles. The molecular weight excluding hydrogens is 440 g/mol. The normalized spacial score (nSPS) is 11.0. The molecule has 3 nitrogen and oxygen atoms in total. The van der Waals surface area contributed by atoms with Crippen LogP contribution in [0.5, 0.6) is 11.5 Å². The number of hydrogen-bond donors (Lipinski definition) is 1. The van der Waals surface area contributed by atoms with Crippen molar-refractivity contribution in [2.24, 2.45) is 0 Å². The zero-order valence-electron chi connectivity index (χ0n) is 19.3. The number of unbranched alkanes of at least 4 members (excludes halogenated alkanes) is 15. The molecule has 0 radical (unpaired) electrons. The van der Waals surface area contributed by atoms with Gasteiger partial charge in [0.1, 0.15) is 11.5 Å². The van der Waals surface area contributed by atoms with E-state index in [1.807, 2.05) is 0 Å². The van der Waals surface area contributed by atoms with Gasteiger partial charge in [-0.3, -0.25) is 4.79 Å². The van der Waals surface area contributed by atoms with Crippen LogP contribution in [0.2, 0.25) is 0 Å². The number of ether oxygens (including phenoxy) is 1. The first-order valence-electron chi connectivity index (χ1n) is 12.2. The Morgan fingerprint density at radius 1 is 0.800 bits per heavy atom. The molecular formula is C26H43BrO3. The van der Waals surface area contributed by atoms with Gasteiger partial charge in [0.25, 0.3) is 0 Å². The quantitative estimate of drug-likeness (QED) is 0.158. The van der Waals surface area contributed by atoms with Gasteiger partial charge in [-0.25, -0.2) is 0 Å². The summed E-state index contributed by atoms with van der Waals surface area (Å²) in [6, 6.07) is 3.15. The van der Waals surface area contributed by atoms with Crippen molar-refractivity contribution in [2.75, 3.05) is 6.61 Å². The Hall–Kier alpha value is -1.03. The minimum atomic E-state index is -0.155. The summed E-state index contributed by atoms with van der Waals surface area (Å²) in [5.74, 6) is 0.420. The SMILES string of the molecule is CCCCCCCCCCCCCCCCCCOc1cc(O)c(C(C)=O)cc1Br. The van der Waals surface area contributed by atoms with Gasteiger partial charge in [-0.1, -0.05) is 103 Å². The van der Waals surface area contributed by atoms with Crippen molar-refractivity contribution in [3.8, 4) is 11.5 Å². The van der Waals surface area contributed by atoms with E-state index in [-0.39, 0.29) is 11.5 Å². The van der Waals surface area contributed by atoms with E-state index in [0.29, 0.717) is 22.4 Å². The standard InChI is InChI=1S/C26H43BrO3/c1-3-4-5-6-7-8-9-10-11-12-13-14-15-16-17-18-19-30-26-21-25(29)23(22(2)28)20-24(26)27/h20-21,29H,3-19H2,1-2H3. The van der Waals surface area contributed by atoms with Crippen LogP contribution in [0.15, 0.2) is 16.6 Å². The fourth-order valence-corrected chi connectivity index (χ4v) is 4.23. The van der Waals surface area contributed by atoms with Gasteiger partial charge in [0.05, 0.1) is 16.6 Å². The van der Waals surface area contributed by atoms with Crippen LogP contribution < -0.4 is 4.74 Å². The number of carbonyl (C=O) groups excluding carboxylic acids is 1. The van der Waals surface area contributed by atoms with E-state index in [4.69, 9.17) is 4.74 Å². The van der Waals surface area contributed by atoms with Crippen molar-refractivity contribution in [2.45, 2.75) is 117 Å². The second-order valence-electron chi connectivity index (χ2n) is 8.51. The Labute approximate surface area is 193 Å². The maximum atomic E-state index is 11.4. The molecule has 172 valence electrons. The first kappa shape index (κ1) is 27.0. The number of ketones is 1. The molecule has 0 spiro atoms. The fourth-order valence-electron chi connectivity index (χ4n) is 3.77. The molecule has 0 bridgehead atoms. The number of aromatic hydroxyl groups is 1. The highest BCUT2D eigenvalue weighted by Gasteiger charge is 2.11.